The molecule has 1 saturated carbocycles. The molecule has 152 valence electrons. The predicted octanol–water partition coefficient (Wildman–Crippen LogP) is 5.42. The smallest absolute Gasteiger partial charge is 0.268 e. The molecule has 0 radical (unpaired) electrons. The highest BCUT2D eigenvalue weighted by molar-refractivity contribution is 8.04. The third kappa shape index (κ3) is 4.62. The average Bonchev–Trinajstić information content (AvgIpc) is 2.86. The second kappa shape index (κ2) is 9.64. The van der Waals surface area contributed by atoms with E-state index in [-0.39, 0.29) is 23.1 Å². The van der Waals surface area contributed by atoms with Gasteiger partial charge in [-0.3, -0.25) is 14.5 Å². The Kier molecular flexibility index (Phi) is 7.22. The van der Waals surface area contributed by atoms with Crippen molar-refractivity contribution in [1.29, 1.82) is 0 Å². The molecule has 5 heteroatoms. The maximum absolute atomic E-state index is 13.4. The van der Waals surface area contributed by atoms with E-state index in [4.69, 9.17) is 4.74 Å². The van der Waals surface area contributed by atoms with Gasteiger partial charge in [0.25, 0.3) is 11.8 Å². The fraction of sp³-hybridized carbons (Fsp3) is 0.565. The van der Waals surface area contributed by atoms with E-state index >= 15 is 0 Å². The first-order valence-corrected chi connectivity index (χ1v) is 11.4. The molecule has 28 heavy (non-hydrogen) atoms. The standard InChI is InChI=1S/C23H31NO3S/c1-4-15-27-19-13-11-17(12-14-19)20-21(28-16(2)3)23(26)24(22(20)25)18-9-7-5-6-8-10-18/h11-14,16,18H,4-10,15H2,1-3H3. The predicted molar refractivity (Wildman–Crippen MR) is 115 cm³/mol. The minimum absolute atomic E-state index is 0.0370. The maximum Gasteiger partial charge on any atom is 0.268 e. The third-order valence-electron chi connectivity index (χ3n) is 5.23. The van der Waals surface area contributed by atoms with Gasteiger partial charge in [0.1, 0.15) is 5.75 Å². The number of amides is 2. The Hall–Kier alpha value is -1.75. The van der Waals surface area contributed by atoms with Gasteiger partial charge >= 0.3 is 0 Å². The fourth-order valence-electron chi connectivity index (χ4n) is 3.91. The molecule has 1 heterocycles. The van der Waals surface area contributed by atoms with E-state index in [0.717, 1.165) is 43.4 Å². The molecule has 0 bridgehead atoms. The highest BCUT2D eigenvalue weighted by atomic mass is 32.2. The van der Waals surface area contributed by atoms with E-state index < -0.39 is 0 Å². The molecular weight excluding hydrogens is 370 g/mol. The van der Waals surface area contributed by atoms with E-state index in [2.05, 4.69) is 20.8 Å². The molecule has 1 aliphatic carbocycles. The third-order valence-corrected chi connectivity index (χ3v) is 6.32. The van der Waals surface area contributed by atoms with Crippen molar-refractivity contribution < 1.29 is 14.3 Å². The summed E-state index contributed by atoms with van der Waals surface area (Å²) < 4.78 is 5.66. The molecule has 1 aliphatic heterocycles. The Balaban J connectivity index is 1.91. The van der Waals surface area contributed by atoms with Gasteiger partial charge in [0, 0.05) is 11.3 Å². The Morgan fingerprint density at radius 2 is 1.68 bits per heavy atom. The summed E-state index contributed by atoms with van der Waals surface area (Å²) in [6, 6.07) is 7.63. The lowest BCUT2D eigenvalue weighted by atomic mass is 10.0. The number of hydrogen-bond acceptors (Lipinski definition) is 4. The molecule has 1 aromatic carbocycles. The largest absolute Gasteiger partial charge is 0.494 e. The topological polar surface area (TPSA) is 46.6 Å². The summed E-state index contributed by atoms with van der Waals surface area (Å²) in [5, 5.41) is 0.239. The van der Waals surface area contributed by atoms with Crippen LogP contribution in [-0.4, -0.2) is 34.6 Å². The Labute approximate surface area is 172 Å². The average molecular weight is 402 g/mol. The van der Waals surface area contributed by atoms with Gasteiger partial charge < -0.3 is 4.74 Å². The number of benzene rings is 1. The van der Waals surface area contributed by atoms with Crippen LogP contribution in [0.2, 0.25) is 0 Å². The minimum Gasteiger partial charge on any atom is -0.494 e. The number of imide groups is 1. The second-order valence-corrected chi connectivity index (χ2v) is 9.46. The fourth-order valence-corrected chi connectivity index (χ4v) is 4.90. The molecule has 0 saturated heterocycles. The number of rotatable bonds is 7. The highest BCUT2D eigenvalue weighted by Gasteiger charge is 2.43. The number of hydrogen-bond donors (Lipinski definition) is 0. The lowest BCUT2D eigenvalue weighted by molar-refractivity contribution is -0.139. The first-order chi connectivity index (χ1) is 13.5. The first-order valence-electron chi connectivity index (χ1n) is 10.5. The molecule has 2 aliphatic rings. The molecule has 4 nitrogen and oxygen atoms in total. The summed E-state index contributed by atoms with van der Waals surface area (Å²) in [5.74, 6) is 0.570. The summed E-state index contributed by atoms with van der Waals surface area (Å²) in [7, 11) is 0. The zero-order valence-electron chi connectivity index (χ0n) is 17.2. The van der Waals surface area contributed by atoms with Gasteiger partial charge in [0.05, 0.1) is 17.1 Å². The van der Waals surface area contributed by atoms with Crippen LogP contribution in [0.5, 0.6) is 5.75 Å². The van der Waals surface area contributed by atoms with Crippen LogP contribution < -0.4 is 4.74 Å². The van der Waals surface area contributed by atoms with E-state index in [1.54, 1.807) is 4.90 Å². The van der Waals surface area contributed by atoms with E-state index in [1.807, 2.05) is 24.3 Å². The number of thioether (sulfide) groups is 1. The van der Waals surface area contributed by atoms with Crippen LogP contribution in [0.1, 0.15) is 71.3 Å². The van der Waals surface area contributed by atoms with Crippen LogP contribution in [0.3, 0.4) is 0 Å². The summed E-state index contributed by atoms with van der Waals surface area (Å²) in [5.41, 5.74) is 1.37. The van der Waals surface area contributed by atoms with Crippen molar-refractivity contribution in [2.75, 3.05) is 6.61 Å². The number of carbonyl (C=O) groups excluding carboxylic acids is 2. The Bertz CT molecular complexity index is 731. The Morgan fingerprint density at radius 1 is 1.04 bits per heavy atom. The van der Waals surface area contributed by atoms with E-state index in [9.17, 15) is 9.59 Å². The van der Waals surface area contributed by atoms with E-state index in [1.165, 1.54) is 24.6 Å². The van der Waals surface area contributed by atoms with Gasteiger partial charge in [0.2, 0.25) is 0 Å². The lowest BCUT2D eigenvalue weighted by Gasteiger charge is -2.25. The lowest BCUT2D eigenvalue weighted by Crippen LogP contribution is -2.40. The monoisotopic (exact) mass is 401 g/mol. The molecule has 3 rings (SSSR count). The molecular formula is C23H31NO3S. The molecule has 2 amide bonds. The van der Waals surface area contributed by atoms with Crippen molar-refractivity contribution in [2.45, 2.75) is 77.0 Å². The van der Waals surface area contributed by atoms with Crippen LogP contribution >= 0.6 is 11.8 Å². The summed E-state index contributed by atoms with van der Waals surface area (Å²) in [4.78, 5) is 28.8. The molecule has 1 fully saturated rings. The van der Waals surface area contributed by atoms with Crippen molar-refractivity contribution >= 4 is 29.1 Å². The summed E-state index contributed by atoms with van der Waals surface area (Å²) in [6.07, 6.45) is 7.37. The summed E-state index contributed by atoms with van der Waals surface area (Å²) >= 11 is 1.50. The van der Waals surface area contributed by atoms with Crippen molar-refractivity contribution in [3.63, 3.8) is 0 Å². The molecule has 0 N–H and O–H groups in total. The van der Waals surface area contributed by atoms with Gasteiger partial charge in [0.15, 0.2) is 0 Å². The van der Waals surface area contributed by atoms with Crippen LogP contribution in [0, 0.1) is 0 Å². The number of ether oxygens (including phenoxy) is 1. The molecule has 1 aromatic rings. The second-order valence-electron chi connectivity index (χ2n) is 7.87. The highest BCUT2D eigenvalue weighted by Crippen LogP contribution is 2.40. The van der Waals surface area contributed by atoms with Crippen molar-refractivity contribution in [3.05, 3.63) is 34.7 Å². The normalized spacial score (nSPS) is 18.9. The van der Waals surface area contributed by atoms with Crippen LogP contribution in [-0.2, 0) is 9.59 Å². The van der Waals surface area contributed by atoms with Crippen LogP contribution in [0.25, 0.3) is 5.57 Å². The minimum atomic E-state index is -0.123. The van der Waals surface area contributed by atoms with Crippen molar-refractivity contribution in [3.8, 4) is 5.75 Å². The molecule has 0 atom stereocenters. The van der Waals surface area contributed by atoms with Crippen molar-refractivity contribution in [1.82, 2.24) is 4.90 Å². The van der Waals surface area contributed by atoms with Gasteiger partial charge in [-0.2, -0.15) is 0 Å². The number of carbonyl (C=O) groups is 2. The van der Waals surface area contributed by atoms with Gasteiger partial charge in [-0.15, -0.1) is 11.8 Å². The van der Waals surface area contributed by atoms with Gasteiger partial charge in [-0.25, -0.2) is 0 Å². The quantitative estimate of drug-likeness (QED) is 0.452. The summed E-state index contributed by atoms with van der Waals surface area (Å²) in [6.45, 7) is 6.86. The van der Waals surface area contributed by atoms with Gasteiger partial charge in [-0.1, -0.05) is 58.6 Å². The zero-order valence-corrected chi connectivity index (χ0v) is 18.0. The molecule has 0 unspecified atom stereocenters. The van der Waals surface area contributed by atoms with Crippen molar-refractivity contribution in [2.24, 2.45) is 0 Å². The zero-order chi connectivity index (χ0) is 20.1. The SMILES string of the molecule is CCCOc1ccc(C2=C(SC(C)C)C(=O)N(C3CCCCCC3)C2=O)cc1. The molecule has 0 aromatic heterocycles. The van der Waals surface area contributed by atoms with Gasteiger partial charge in [-0.05, 0) is 37.0 Å². The van der Waals surface area contributed by atoms with Crippen LogP contribution in [0.15, 0.2) is 29.2 Å². The van der Waals surface area contributed by atoms with E-state index in [0.29, 0.717) is 17.1 Å². The first kappa shape index (κ1) is 21.0. The maximum atomic E-state index is 13.4. The Morgan fingerprint density at radius 3 is 2.25 bits per heavy atom. The number of nitrogens with zero attached hydrogens (tertiary/aromatic N) is 1. The van der Waals surface area contributed by atoms with Crippen LogP contribution in [0.4, 0.5) is 0 Å². The molecule has 0 spiro atoms.